The number of benzene rings is 1. The van der Waals surface area contributed by atoms with Crippen LogP contribution < -0.4 is 0 Å². The van der Waals surface area contributed by atoms with Crippen molar-refractivity contribution in [1.29, 1.82) is 0 Å². The van der Waals surface area contributed by atoms with Crippen molar-refractivity contribution < 1.29 is 19.1 Å². The molecule has 174 valence electrons. The first-order chi connectivity index (χ1) is 15.3. The van der Waals surface area contributed by atoms with Crippen LogP contribution in [0.1, 0.15) is 88.9 Å². The molecule has 1 aromatic rings. The van der Waals surface area contributed by atoms with Gasteiger partial charge < -0.3 is 9.47 Å². The summed E-state index contributed by atoms with van der Waals surface area (Å²) in [5.41, 5.74) is 1.12. The zero-order valence-electron chi connectivity index (χ0n) is 19.8. The molecular weight excluding hydrogens is 400 g/mol. The van der Waals surface area contributed by atoms with Crippen molar-refractivity contribution in [3.05, 3.63) is 35.9 Å². The normalized spacial score (nSPS) is 42.8. The van der Waals surface area contributed by atoms with E-state index in [4.69, 9.17) is 9.47 Å². The van der Waals surface area contributed by atoms with Gasteiger partial charge in [0, 0.05) is 12.3 Å². The highest BCUT2D eigenvalue weighted by Gasteiger charge is 2.61. The van der Waals surface area contributed by atoms with Crippen LogP contribution in [0.25, 0.3) is 0 Å². The predicted octanol–water partition coefficient (Wildman–Crippen LogP) is 6.19. The van der Waals surface area contributed by atoms with Gasteiger partial charge in [-0.15, -0.1) is 0 Å². The van der Waals surface area contributed by atoms with E-state index >= 15 is 0 Å². The Morgan fingerprint density at radius 3 is 2.31 bits per heavy atom. The molecule has 8 atom stereocenters. The number of hydrogen-bond donors (Lipinski definition) is 0. The SMILES string of the molecule is CC(=O)O[C@@H]1CC[C@]2(C)[C@H](CC[C@H]3[C@H]4CC[C@H](OC(=O)c5ccccc5)[C@]4(C)CC[C@@H]32)C1. The molecule has 4 aliphatic rings. The van der Waals surface area contributed by atoms with E-state index in [1.165, 1.54) is 39.0 Å². The Bertz CT molecular complexity index is 865. The maximum absolute atomic E-state index is 12.8. The second kappa shape index (κ2) is 8.18. The maximum Gasteiger partial charge on any atom is 0.338 e. The zero-order chi connectivity index (χ0) is 22.5. The van der Waals surface area contributed by atoms with E-state index < -0.39 is 0 Å². The lowest BCUT2D eigenvalue weighted by molar-refractivity contribution is -0.161. The Balaban J connectivity index is 1.30. The second-order valence-electron chi connectivity index (χ2n) is 11.5. The number of ether oxygens (including phenoxy) is 2. The Morgan fingerprint density at radius 1 is 0.844 bits per heavy atom. The summed E-state index contributed by atoms with van der Waals surface area (Å²) in [7, 11) is 0. The summed E-state index contributed by atoms with van der Waals surface area (Å²) in [6.45, 7) is 6.46. The van der Waals surface area contributed by atoms with Crippen LogP contribution in [0.4, 0.5) is 0 Å². The highest BCUT2D eigenvalue weighted by molar-refractivity contribution is 5.89. The third kappa shape index (κ3) is 3.58. The standard InChI is InChI=1S/C28H38O4/c1-18(29)31-21-13-15-27(2)20(17-21)9-10-22-23-11-12-25(28(23,3)16-14-24(22)27)32-26(30)19-7-5-4-6-8-19/h4-8,20-25H,9-17H2,1-3H3/t20-,21-,22+,23-,24+,25+,27-,28-/m1/s1. The van der Waals surface area contributed by atoms with E-state index in [0.717, 1.165) is 37.5 Å². The van der Waals surface area contributed by atoms with Gasteiger partial charge in [-0.2, -0.15) is 0 Å². The van der Waals surface area contributed by atoms with Crippen LogP contribution in [0.3, 0.4) is 0 Å². The quantitative estimate of drug-likeness (QED) is 0.528. The van der Waals surface area contributed by atoms with Crippen molar-refractivity contribution in [3.8, 4) is 0 Å². The highest BCUT2D eigenvalue weighted by Crippen LogP contribution is 2.66. The van der Waals surface area contributed by atoms with Gasteiger partial charge in [0.2, 0.25) is 0 Å². The van der Waals surface area contributed by atoms with Crippen LogP contribution in [-0.2, 0) is 14.3 Å². The van der Waals surface area contributed by atoms with E-state index in [1.807, 2.05) is 30.3 Å². The first-order valence-corrected chi connectivity index (χ1v) is 12.7. The minimum Gasteiger partial charge on any atom is -0.463 e. The molecule has 4 fully saturated rings. The molecule has 0 aromatic heterocycles. The molecule has 0 radical (unpaired) electrons. The molecule has 4 aliphatic carbocycles. The first-order valence-electron chi connectivity index (χ1n) is 12.7. The molecule has 32 heavy (non-hydrogen) atoms. The van der Waals surface area contributed by atoms with Gasteiger partial charge in [-0.25, -0.2) is 4.79 Å². The average Bonchev–Trinajstić information content (AvgIpc) is 3.10. The third-order valence-corrected chi connectivity index (χ3v) is 10.1. The Kier molecular flexibility index (Phi) is 5.62. The molecule has 0 unspecified atom stereocenters. The Morgan fingerprint density at radius 2 is 1.56 bits per heavy atom. The molecule has 0 amide bonds. The molecule has 4 heteroatoms. The van der Waals surface area contributed by atoms with Crippen molar-refractivity contribution in [1.82, 2.24) is 0 Å². The fourth-order valence-corrected chi connectivity index (χ4v) is 8.48. The van der Waals surface area contributed by atoms with E-state index in [1.54, 1.807) is 0 Å². The van der Waals surface area contributed by atoms with Gasteiger partial charge in [-0.3, -0.25) is 4.79 Å². The van der Waals surface area contributed by atoms with E-state index in [9.17, 15) is 9.59 Å². The number of carbonyl (C=O) groups is 2. The topological polar surface area (TPSA) is 52.6 Å². The monoisotopic (exact) mass is 438 g/mol. The van der Waals surface area contributed by atoms with Crippen molar-refractivity contribution in [2.45, 2.75) is 90.8 Å². The van der Waals surface area contributed by atoms with Gasteiger partial charge in [0.1, 0.15) is 12.2 Å². The van der Waals surface area contributed by atoms with Gasteiger partial charge >= 0.3 is 11.9 Å². The van der Waals surface area contributed by atoms with Crippen LogP contribution in [0.15, 0.2) is 30.3 Å². The van der Waals surface area contributed by atoms with Crippen molar-refractivity contribution in [2.24, 2.45) is 34.5 Å². The number of rotatable bonds is 3. The van der Waals surface area contributed by atoms with Crippen molar-refractivity contribution in [2.75, 3.05) is 0 Å². The second-order valence-corrected chi connectivity index (χ2v) is 11.5. The lowest BCUT2D eigenvalue weighted by atomic mass is 9.45. The lowest BCUT2D eigenvalue weighted by Gasteiger charge is -2.60. The number of esters is 2. The van der Waals surface area contributed by atoms with Crippen LogP contribution in [0.5, 0.6) is 0 Å². The van der Waals surface area contributed by atoms with E-state index in [0.29, 0.717) is 22.8 Å². The number of hydrogen-bond acceptors (Lipinski definition) is 4. The van der Waals surface area contributed by atoms with Crippen LogP contribution in [-0.4, -0.2) is 24.1 Å². The predicted molar refractivity (Wildman–Crippen MR) is 123 cm³/mol. The van der Waals surface area contributed by atoms with Crippen LogP contribution in [0.2, 0.25) is 0 Å². The number of carbonyl (C=O) groups excluding carboxylic acids is 2. The summed E-state index contributed by atoms with van der Waals surface area (Å²) < 4.78 is 11.8. The van der Waals surface area contributed by atoms with E-state index in [2.05, 4.69) is 13.8 Å². The van der Waals surface area contributed by atoms with Crippen molar-refractivity contribution in [3.63, 3.8) is 0 Å². The molecule has 0 bridgehead atoms. The Hall–Kier alpha value is -1.84. The molecular formula is C28H38O4. The van der Waals surface area contributed by atoms with Crippen molar-refractivity contribution >= 4 is 11.9 Å². The molecule has 5 rings (SSSR count). The molecule has 0 spiro atoms. The summed E-state index contributed by atoms with van der Waals surface area (Å²) in [5, 5.41) is 0. The molecule has 0 saturated heterocycles. The summed E-state index contributed by atoms with van der Waals surface area (Å²) in [5.74, 6) is 2.50. The zero-order valence-corrected chi connectivity index (χ0v) is 19.8. The molecule has 4 nitrogen and oxygen atoms in total. The highest BCUT2D eigenvalue weighted by atomic mass is 16.5. The molecule has 0 heterocycles. The molecule has 1 aromatic carbocycles. The fourth-order valence-electron chi connectivity index (χ4n) is 8.48. The van der Waals surface area contributed by atoms with Gasteiger partial charge in [0.15, 0.2) is 0 Å². The first kappa shape index (κ1) is 22.0. The summed E-state index contributed by atoms with van der Waals surface area (Å²) in [6, 6.07) is 9.43. The molecule has 0 aliphatic heterocycles. The maximum atomic E-state index is 12.8. The fraction of sp³-hybridized carbons (Fsp3) is 0.714. The number of fused-ring (bicyclic) bond motifs is 5. The molecule has 4 saturated carbocycles. The summed E-state index contributed by atoms with van der Waals surface area (Å²) in [6.07, 6.45) is 10.5. The Labute approximate surface area is 192 Å². The third-order valence-electron chi connectivity index (χ3n) is 10.1. The van der Waals surface area contributed by atoms with Gasteiger partial charge in [0.05, 0.1) is 5.56 Å². The van der Waals surface area contributed by atoms with Crippen LogP contribution >= 0.6 is 0 Å². The smallest absolute Gasteiger partial charge is 0.338 e. The minimum absolute atomic E-state index is 0.0337. The average molecular weight is 439 g/mol. The summed E-state index contributed by atoms with van der Waals surface area (Å²) in [4.78, 5) is 24.3. The van der Waals surface area contributed by atoms with Gasteiger partial charge in [-0.05, 0) is 99.0 Å². The van der Waals surface area contributed by atoms with Gasteiger partial charge in [-0.1, -0.05) is 32.0 Å². The molecule has 0 N–H and O–H groups in total. The minimum atomic E-state index is -0.168. The van der Waals surface area contributed by atoms with E-state index in [-0.39, 0.29) is 29.6 Å². The largest absolute Gasteiger partial charge is 0.463 e. The van der Waals surface area contributed by atoms with Crippen LogP contribution in [0, 0.1) is 34.5 Å². The lowest BCUT2D eigenvalue weighted by Crippen LogP contribution is -2.54. The summed E-state index contributed by atoms with van der Waals surface area (Å²) >= 11 is 0. The van der Waals surface area contributed by atoms with Gasteiger partial charge in [0.25, 0.3) is 0 Å².